The van der Waals surface area contributed by atoms with E-state index in [0.717, 1.165) is 43.6 Å². The minimum atomic E-state index is -4.10. The zero-order chi connectivity index (χ0) is 14.6. The molecule has 0 bridgehead atoms. The fraction of sp³-hybridized carbons (Fsp3) is 0.750. The number of piperidine rings is 1. The number of hydrogen-bond acceptors (Lipinski definition) is 1. The number of hydrogen-bond donors (Lipinski definition) is 0. The van der Waals surface area contributed by atoms with Gasteiger partial charge in [-0.1, -0.05) is 29.7 Å². The summed E-state index contributed by atoms with van der Waals surface area (Å²) in [5, 5.41) is 0. The van der Waals surface area contributed by atoms with E-state index in [2.05, 4.69) is 4.90 Å². The maximum atomic E-state index is 12.8. The van der Waals surface area contributed by atoms with Gasteiger partial charge in [-0.25, -0.2) is 0 Å². The van der Waals surface area contributed by atoms with Crippen molar-refractivity contribution in [1.82, 2.24) is 4.90 Å². The van der Waals surface area contributed by atoms with E-state index in [1.807, 2.05) is 6.08 Å². The first kappa shape index (κ1) is 15.6. The molecule has 114 valence electrons. The van der Waals surface area contributed by atoms with E-state index in [1.54, 1.807) is 6.92 Å². The fourth-order valence-corrected chi connectivity index (χ4v) is 3.18. The molecule has 0 radical (unpaired) electrons. The van der Waals surface area contributed by atoms with Crippen LogP contribution in [0.1, 0.15) is 45.4 Å². The molecule has 20 heavy (non-hydrogen) atoms. The third kappa shape index (κ3) is 4.65. The highest BCUT2D eigenvalue weighted by Crippen LogP contribution is 2.37. The zero-order valence-electron chi connectivity index (χ0n) is 12.2. The molecule has 2 aliphatic rings. The first-order chi connectivity index (χ1) is 9.45. The van der Waals surface area contributed by atoms with E-state index in [1.165, 1.54) is 25.3 Å². The van der Waals surface area contributed by atoms with Crippen LogP contribution in [0.4, 0.5) is 13.2 Å². The maximum Gasteiger partial charge on any atom is 0.395 e. The quantitative estimate of drug-likeness (QED) is 0.724. The average Bonchev–Trinajstić information content (AvgIpc) is 2.38. The molecular formula is C16H24F3N. The lowest BCUT2D eigenvalue weighted by atomic mass is 9.88. The van der Waals surface area contributed by atoms with Crippen LogP contribution in [0.25, 0.3) is 0 Å². The van der Waals surface area contributed by atoms with Crippen LogP contribution in [-0.2, 0) is 0 Å². The smallest absolute Gasteiger partial charge is 0.303 e. The summed E-state index contributed by atoms with van der Waals surface area (Å²) in [7, 11) is 0. The predicted octanol–water partition coefficient (Wildman–Crippen LogP) is 4.71. The van der Waals surface area contributed by atoms with Gasteiger partial charge >= 0.3 is 6.18 Å². The molecule has 0 aromatic carbocycles. The Morgan fingerprint density at radius 3 is 2.55 bits per heavy atom. The van der Waals surface area contributed by atoms with E-state index in [4.69, 9.17) is 0 Å². The van der Waals surface area contributed by atoms with Crippen molar-refractivity contribution < 1.29 is 13.2 Å². The first-order valence-electron chi connectivity index (χ1n) is 7.62. The monoisotopic (exact) mass is 287 g/mol. The molecule has 1 nitrogen and oxygen atoms in total. The lowest BCUT2D eigenvalue weighted by Gasteiger charge is -2.27. The summed E-state index contributed by atoms with van der Waals surface area (Å²) in [5.41, 5.74) is 1.72. The Labute approximate surface area is 119 Å². The van der Waals surface area contributed by atoms with Crippen molar-refractivity contribution in [3.63, 3.8) is 0 Å². The molecule has 0 N–H and O–H groups in total. The van der Waals surface area contributed by atoms with Crippen LogP contribution in [0, 0.1) is 5.92 Å². The van der Waals surface area contributed by atoms with E-state index >= 15 is 0 Å². The second-order valence-electron chi connectivity index (χ2n) is 6.07. The molecule has 0 aromatic rings. The van der Waals surface area contributed by atoms with E-state index < -0.39 is 12.1 Å². The molecule has 1 heterocycles. The summed E-state index contributed by atoms with van der Waals surface area (Å²) >= 11 is 0. The van der Waals surface area contributed by atoms with Crippen molar-refractivity contribution in [3.05, 3.63) is 23.3 Å². The van der Waals surface area contributed by atoms with Crippen molar-refractivity contribution in [2.45, 2.75) is 51.6 Å². The Morgan fingerprint density at radius 1 is 1.20 bits per heavy atom. The lowest BCUT2D eigenvalue weighted by molar-refractivity contribution is -0.161. The van der Waals surface area contributed by atoms with Gasteiger partial charge in [0, 0.05) is 0 Å². The Kier molecular flexibility index (Phi) is 5.30. The molecule has 1 fully saturated rings. The summed E-state index contributed by atoms with van der Waals surface area (Å²) in [6.07, 6.45) is 4.97. The van der Waals surface area contributed by atoms with Gasteiger partial charge < -0.3 is 4.90 Å². The Morgan fingerprint density at radius 2 is 1.90 bits per heavy atom. The molecule has 1 aliphatic carbocycles. The van der Waals surface area contributed by atoms with Crippen molar-refractivity contribution >= 4 is 0 Å². The van der Waals surface area contributed by atoms with Crippen molar-refractivity contribution in [3.8, 4) is 0 Å². The molecule has 0 aromatic heterocycles. The van der Waals surface area contributed by atoms with Crippen molar-refractivity contribution in [1.29, 1.82) is 0 Å². The van der Waals surface area contributed by atoms with Crippen LogP contribution in [0.2, 0.25) is 0 Å². The molecule has 1 aliphatic heterocycles. The Bertz CT molecular complexity index is 376. The molecule has 0 spiro atoms. The molecular weight excluding hydrogens is 263 g/mol. The van der Waals surface area contributed by atoms with Gasteiger partial charge in [0.05, 0.1) is 5.92 Å². The molecule has 0 unspecified atom stereocenters. The third-order valence-corrected chi connectivity index (χ3v) is 4.22. The topological polar surface area (TPSA) is 3.24 Å². The van der Waals surface area contributed by atoms with E-state index in [9.17, 15) is 13.2 Å². The normalized spacial score (nSPS) is 25.3. The SMILES string of the molecule is CC1=C[C@@H](C(F)(F)F)CC(CCCN2CCCCC2)=C1. The van der Waals surface area contributed by atoms with Gasteiger partial charge in [-0.05, 0) is 58.7 Å². The van der Waals surface area contributed by atoms with Gasteiger partial charge in [-0.3, -0.25) is 0 Å². The van der Waals surface area contributed by atoms with Crippen LogP contribution in [0.5, 0.6) is 0 Å². The number of alkyl halides is 3. The van der Waals surface area contributed by atoms with Crippen molar-refractivity contribution in [2.75, 3.05) is 19.6 Å². The summed E-state index contributed by atoms with van der Waals surface area (Å²) in [5.74, 6) is -1.28. The van der Waals surface area contributed by atoms with Gasteiger partial charge in [0.1, 0.15) is 0 Å². The minimum Gasteiger partial charge on any atom is -0.303 e. The summed E-state index contributed by atoms with van der Waals surface area (Å²) < 4.78 is 38.5. The van der Waals surface area contributed by atoms with Gasteiger partial charge in [0.15, 0.2) is 0 Å². The van der Waals surface area contributed by atoms with E-state index in [0.29, 0.717) is 0 Å². The highest BCUT2D eigenvalue weighted by molar-refractivity contribution is 5.28. The highest BCUT2D eigenvalue weighted by Gasteiger charge is 2.39. The highest BCUT2D eigenvalue weighted by atomic mass is 19.4. The number of halogens is 3. The number of rotatable bonds is 4. The second-order valence-corrected chi connectivity index (χ2v) is 6.07. The third-order valence-electron chi connectivity index (χ3n) is 4.22. The number of likely N-dealkylation sites (tertiary alicyclic amines) is 1. The number of allylic oxidation sites excluding steroid dienone is 4. The van der Waals surface area contributed by atoms with E-state index in [-0.39, 0.29) is 6.42 Å². The molecule has 0 amide bonds. The molecule has 1 saturated heterocycles. The fourth-order valence-electron chi connectivity index (χ4n) is 3.18. The van der Waals surface area contributed by atoms with Crippen LogP contribution in [0.3, 0.4) is 0 Å². The van der Waals surface area contributed by atoms with Crippen LogP contribution < -0.4 is 0 Å². The van der Waals surface area contributed by atoms with Gasteiger partial charge in [0.25, 0.3) is 0 Å². The summed E-state index contributed by atoms with van der Waals surface area (Å²) in [6.45, 7) is 5.10. The van der Waals surface area contributed by atoms with Gasteiger partial charge in [-0.2, -0.15) is 13.2 Å². The van der Waals surface area contributed by atoms with Crippen LogP contribution >= 0.6 is 0 Å². The predicted molar refractivity (Wildman–Crippen MR) is 75.5 cm³/mol. The van der Waals surface area contributed by atoms with Gasteiger partial charge in [0.2, 0.25) is 0 Å². The zero-order valence-corrected chi connectivity index (χ0v) is 12.2. The lowest BCUT2D eigenvalue weighted by Crippen LogP contribution is -2.30. The Balaban J connectivity index is 1.79. The van der Waals surface area contributed by atoms with Crippen LogP contribution in [0.15, 0.2) is 23.3 Å². The molecule has 0 saturated carbocycles. The standard InChI is InChI=1S/C16H24F3N/c1-13-10-14(12-15(11-13)16(17,18)19)6-5-9-20-7-3-2-4-8-20/h10-11,15H,2-9,12H2,1H3/t15-/m1/s1. The number of nitrogens with zero attached hydrogens (tertiary/aromatic N) is 1. The summed E-state index contributed by atoms with van der Waals surface area (Å²) in [4.78, 5) is 2.44. The van der Waals surface area contributed by atoms with Crippen molar-refractivity contribution in [2.24, 2.45) is 5.92 Å². The minimum absolute atomic E-state index is 0.154. The average molecular weight is 287 g/mol. The first-order valence-corrected chi connectivity index (χ1v) is 7.62. The second kappa shape index (κ2) is 6.79. The molecule has 4 heteroatoms. The Hall–Kier alpha value is -0.770. The molecule has 2 rings (SSSR count). The molecule has 1 atom stereocenters. The van der Waals surface area contributed by atoms with Crippen LogP contribution in [-0.4, -0.2) is 30.7 Å². The maximum absolute atomic E-state index is 12.8. The summed E-state index contributed by atoms with van der Waals surface area (Å²) in [6, 6.07) is 0. The van der Waals surface area contributed by atoms with Gasteiger partial charge in [-0.15, -0.1) is 0 Å². The largest absolute Gasteiger partial charge is 0.395 e.